The highest BCUT2D eigenvalue weighted by Gasteiger charge is 2.33. The number of hydrogen-bond donors (Lipinski definition) is 2. The Morgan fingerprint density at radius 3 is 2.67 bits per heavy atom. The average Bonchev–Trinajstić information content (AvgIpc) is 2.95. The van der Waals surface area contributed by atoms with E-state index in [1.165, 1.54) is 27.2 Å². The Bertz CT molecular complexity index is 603. The molecular formula is C18H26N2O4. The molecule has 3 N–H and O–H groups in total. The van der Waals surface area contributed by atoms with Crippen molar-refractivity contribution in [2.45, 2.75) is 25.0 Å². The molecule has 0 saturated carbocycles. The Hall–Kier alpha value is -2.05. The molecule has 6 heteroatoms. The molecule has 3 unspecified atom stereocenters. The highest BCUT2D eigenvalue weighted by Crippen LogP contribution is 2.31. The summed E-state index contributed by atoms with van der Waals surface area (Å²) in [6.45, 7) is 1.19. The number of carbonyl (C=O) groups excluding carboxylic acids is 1. The number of amides is 1. The SMILES string of the molecule is CN1CCC2C=CC(O)CC21.COc1cccc(C(N)=O)c1OC. The summed E-state index contributed by atoms with van der Waals surface area (Å²) in [6.07, 6.45) is 6.13. The van der Waals surface area contributed by atoms with Gasteiger partial charge in [0.15, 0.2) is 11.5 Å². The van der Waals surface area contributed by atoms with E-state index in [2.05, 4.69) is 18.0 Å². The first kappa shape index (κ1) is 18.3. The summed E-state index contributed by atoms with van der Waals surface area (Å²) in [5.74, 6) is 1.05. The van der Waals surface area contributed by atoms with Gasteiger partial charge in [0.1, 0.15) is 0 Å². The standard InChI is InChI=1S/C9H11NO3.C9H15NO/c1-12-7-5-3-4-6(9(10)11)8(7)13-2;1-10-5-4-7-2-3-8(11)6-9(7)10/h3-5H,1-2H3,(H2,10,11);2-3,7-9,11H,4-6H2,1H3. The Morgan fingerprint density at radius 2 is 2.04 bits per heavy atom. The van der Waals surface area contributed by atoms with E-state index in [-0.39, 0.29) is 6.10 Å². The maximum atomic E-state index is 10.9. The first-order valence-corrected chi connectivity index (χ1v) is 8.05. The number of nitrogens with two attached hydrogens (primary N) is 1. The fraction of sp³-hybridized carbons (Fsp3) is 0.500. The van der Waals surface area contributed by atoms with Crippen molar-refractivity contribution in [2.24, 2.45) is 11.7 Å². The van der Waals surface area contributed by atoms with Gasteiger partial charge in [-0.15, -0.1) is 0 Å². The molecule has 0 radical (unpaired) electrons. The summed E-state index contributed by atoms with van der Waals surface area (Å²) in [7, 11) is 5.11. The van der Waals surface area contributed by atoms with E-state index in [1.807, 2.05) is 6.08 Å². The molecule has 1 fully saturated rings. The van der Waals surface area contributed by atoms with Crippen LogP contribution in [-0.2, 0) is 0 Å². The molecule has 1 aliphatic carbocycles. The van der Waals surface area contributed by atoms with Crippen LogP contribution >= 0.6 is 0 Å². The minimum absolute atomic E-state index is 0.197. The second kappa shape index (κ2) is 8.17. The summed E-state index contributed by atoms with van der Waals surface area (Å²) in [5.41, 5.74) is 5.46. The van der Waals surface area contributed by atoms with E-state index in [4.69, 9.17) is 15.2 Å². The first-order chi connectivity index (χ1) is 11.5. The van der Waals surface area contributed by atoms with Gasteiger partial charge in [-0.2, -0.15) is 0 Å². The zero-order chi connectivity index (χ0) is 17.7. The summed E-state index contributed by atoms with van der Waals surface area (Å²) in [6, 6.07) is 5.58. The van der Waals surface area contributed by atoms with Crippen LogP contribution in [0, 0.1) is 5.92 Å². The number of fused-ring (bicyclic) bond motifs is 1. The molecule has 6 nitrogen and oxygen atoms in total. The predicted molar refractivity (Wildman–Crippen MR) is 92.4 cm³/mol. The number of para-hydroxylation sites is 1. The number of benzene rings is 1. The van der Waals surface area contributed by atoms with Crippen molar-refractivity contribution in [3.8, 4) is 11.5 Å². The van der Waals surface area contributed by atoms with Crippen LogP contribution in [0.2, 0.25) is 0 Å². The van der Waals surface area contributed by atoms with Gasteiger partial charge in [0.25, 0.3) is 5.91 Å². The Balaban J connectivity index is 0.000000175. The molecular weight excluding hydrogens is 308 g/mol. The maximum absolute atomic E-state index is 10.9. The van der Waals surface area contributed by atoms with Crippen molar-refractivity contribution < 1.29 is 19.4 Å². The second-order valence-electron chi connectivity index (χ2n) is 6.09. The quantitative estimate of drug-likeness (QED) is 0.817. The number of nitrogens with zero attached hydrogens (tertiary/aromatic N) is 1. The zero-order valence-electron chi connectivity index (χ0n) is 14.4. The smallest absolute Gasteiger partial charge is 0.252 e. The van der Waals surface area contributed by atoms with Crippen LogP contribution in [0.15, 0.2) is 30.4 Å². The Morgan fingerprint density at radius 1 is 1.29 bits per heavy atom. The van der Waals surface area contributed by atoms with Gasteiger partial charge < -0.3 is 25.2 Å². The lowest BCUT2D eigenvalue weighted by Gasteiger charge is -2.28. The molecule has 1 aliphatic heterocycles. The lowest BCUT2D eigenvalue weighted by atomic mass is 9.90. The number of ether oxygens (including phenoxy) is 2. The third kappa shape index (κ3) is 4.07. The van der Waals surface area contributed by atoms with Crippen molar-refractivity contribution in [3.05, 3.63) is 35.9 Å². The fourth-order valence-corrected chi connectivity index (χ4v) is 3.30. The molecule has 0 bridgehead atoms. The van der Waals surface area contributed by atoms with Crippen molar-refractivity contribution in [1.82, 2.24) is 4.90 Å². The van der Waals surface area contributed by atoms with Crippen LogP contribution in [0.25, 0.3) is 0 Å². The normalized spacial score (nSPS) is 25.4. The molecule has 2 aliphatic rings. The number of likely N-dealkylation sites (tertiary alicyclic amines) is 1. The molecule has 1 amide bonds. The lowest BCUT2D eigenvalue weighted by molar-refractivity contribution is 0.0996. The van der Waals surface area contributed by atoms with Crippen molar-refractivity contribution >= 4 is 5.91 Å². The minimum atomic E-state index is -0.532. The Kier molecular flexibility index (Phi) is 6.23. The van der Waals surface area contributed by atoms with Gasteiger partial charge in [-0.05, 0) is 44.5 Å². The van der Waals surface area contributed by atoms with Crippen LogP contribution in [-0.4, -0.2) is 55.9 Å². The highest BCUT2D eigenvalue weighted by molar-refractivity contribution is 5.96. The molecule has 132 valence electrons. The van der Waals surface area contributed by atoms with E-state index >= 15 is 0 Å². The molecule has 3 atom stereocenters. The van der Waals surface area contributed by atoms with E-state index in [0.29, 0.717) is 29.0 Å². The van der Waals surface area contributed by atoms with Crippen LogP contribution in [0.3, 0.4) is 0 Å². The first-order valence-electron chi connectivity index (χ1n) is 8.05. The molecule has 1 aromatic carbocycles. The van der Waals surface area contributed by atoms with Gasteiger partial charge in [-0.25, -0.2) is 0 Å². The molecule has 24 heavy (non-hydrogen) atoms. The summed E-state index contributed by atoms with van der Waals surface area (Å²) >= 11 is 0. The van der Waals surface area contributed by atoms with E-state index < -0.39 is 5.91 Å². The number of carbonyl (C=O) groups is 1. The molecule has 0 spiro atoms. The monoisotopic (exact) mass is 334 g/mol. The summed E-state index contributed by atoms with van der Waals surface area (Å²) in [4.78, 5) is 13.3. The number of primary amides is 1. The molecule has 1 aromatic rings. The third-order valence-electron chi connectivity index (χ3n) is 4.61. The molecule has 3 rings (SSSR count). The largest absolute Gasteiger partial charge is 0.493 e. The van der Waals surface area contributed by atoms with Crippen LogP contribution in [0.5, 0.6) is 11.5 Å². The number of hydrogen-bond acceptors (Lipinski definition) is 5. The highest BCUT2D eigenvalue weighted by atomic mass is 16.5. The number of rotatable bonds is 3. The molecule has 1 heterocycles. The second-order valence-corrected chi connectivity index (χ2v) is 6.09. The van der Waals surface area contributed by atoms with Crippen LogP contribution in [0.4, 0.5) is 0 Å². The van der Waals surface area contributed by atoms with Gasteiger partial charge in [0.05, 0.1) is 25.9 Å². The predicted octanol–water partition coefficient (Wildman–Crippen LogP) is 1.43. The van der Waals surface area contributed by atoms with Gasteiger partial charge in [-0.1, -0.05) is 18.2 Å². The topological polar surface area (TPSA) is 85.0 Å². The van der Waals surface area contributed by atoms with Crippen molar-refractivity contribution in [2.75, 3.05) is 27.8 Å². The van der Waals surface area contributed by atoms with E-state index in [1.54, 1.807) is 18.2 Å². The number of aliphatic hydroxyl groups excluding tert-OH is 1. The van der Waals surface area contributed by atoms with Gasteiger partial charge in [0.2, 0.25) is 0 Å². The van der Waals surface area contributed by atoms with Crippen LogP contribution in [0.1, 0.15) is 23.2 Å². The van der Waals surface area contributed by atoms with Gasteiger partial charge in [0, 0.05) is 6.04 Å². The van der Waals surface area contributed by atoms with Gasteiger partial charge in [-0.3, -0.25) is 4.79 Å². The lowest BCUT2D eigenvalue weighted by Crippen LogP contribution is -2.34. The third-order valence-corrected chi connectivity index (χ3v) is 4.61. The molecule has 0 aromatic heterocycles. The van der Waals surface area contributed by atoms with Crippen molar-refractivity contribution in [3.63, 3.8) is 0 Å². The number of methoxy groups -OCH3 is 2. The van der Waals surface area contributed by atoms with Gasteiger partial charge >= 0.3 is 0 Å². The summed E-state index contributed by atoms with van der Waals surface area (Å²) in [5, 5.41) is 9.36. The minimum Gasteiger partial charge on any atom is -0.493 e. The van der Waals surface area contributed by atoms with Crippen LogP contribution < -0.4 is 15.2 Å². The van der Waals surface area contributed by atoms with Crippen molar-refractivity contribution in [1.29, 1.82) is 0 Å². The zero-order valence-corrected chi connectivity index (χ0v) is 14.4. The number of aliphatic hydroxyl groups is 1. The van der Waals surface area contributed by atoms with E-state index in [9.17, 15) is 9.90 Å². The van der Waals surface area contributed by atoms with E-state index in [0.717, 1.165) is 6.42 Å². The Labute approximate surface area is 142 Å². The maximum Gasteiger partial charge on any atom is 0.252 e. The average molecular weight is 334 g/mol. The molecule has 1 saturated heterocycles. The fourth-order valence-electron chi connectivity index (χ4n) is 3.30. The summed E-state index contributed by atoms with van der Waals surface area (Å²) < 4.78 is 10.00.